The molecule has 3 nitrogen and oxygen atoms in total. The molecule has 1 amide bonds. The lowest BCUT2D eigenvalue weighted by molar-refractivity contribution is 0.0935. The predicted octanol–water partition coefficient (Wildman–Crippen LogP) is 4.97. The predicted molar refractivity (Wildman–Crippen MR) is 95.0 cm³/mol. The highest BCUT2D eigenvalue weighted by atomic mass is 35.5. The van der Waals surface area contributed by atoms with E-state index in [9.17, 15) is 4.79 Å². The number of benzene rings is 2. The monoisotopic (exact) mass is 367 g/mol. The largest absolute Gasteiger partial charge is 0.494 e. The summed E-state index contributed by atoms with van der Waals surface area (Å²) >= 11 is 14.0. The Bertz CT molecular complexity index is 728. The molecule has 1 aliphatic heterocycles. The van der Waals surface area contributed by atoms with Crippen LogP contribution in [0.3, 0.4) is 0 Å². The van der Waals surface area contributed by atoms with Crippen molar-refractivity contribution in [1.82, 2.24) is 5.32 Å². The van der Waals surface area contributed by atoms with Crippen molar-refractivity contribution in [3.63, 3.8) is 0 Å². The molecule has 120 valence electrons. The van der Waals surface area contributed by atoms with Crippen molar-refractivity contribution in [2.24, 2.45) is 0 Å². The van der Waals surface area contributed by atoms with E-state index >= 15 is 0 Å². The van der Waals surface area contributed by atoms with Crippen LogP contribution >= 0.6 is 35.0 Å². The maximum atomic E-state index is 12.6. The topological polar surface area (TPSA) is 38.3 Å². The molecule has 0 spiro atoms. The minimum absolute atomic E-state index is 0.000368. The van der Waals surface area contributed by atoms with Gasteiger partial charge in [-0.05, 0) is 30.2 Å². The lowest BCUT2D eigenvalue weighted by Crippen LogP contribution is -2.30. The number of halogens is 2. The first-order valence-electron chi connectivity index (χ1n) is 7.15. The Balaban J connectivity index is 1.83. The van der Waals surface area contributed by atoms with Gasteiger partial charge in [0.2, 0.25) is 0 Å². The van der Waals surface area contributed by atoms with E-state index in [0.29, 0.717) is 21.4 Å². The van der Waals surface area contributed by atoms with Crippen LogP contribution in [0.15, 0.2) is 41.3 Å². The molecule has 6 heteroatoms. The van der Waals surface area contributed by atoms with Crippen LogP contribution in [0.5, 0.6) is 5.75 Å². The van der Waals surface area contributed by atoms with Crippen molar-refractivity contribution in [2.45, 2.75) is 17.4 Å². The van der Waals surface area contributed by atoms with E-state index in [-0.39, 0.29) is 11.9 Å². The molecule has 0 bridgehead atoms. The minimum atomic E-state index is -0.192. The minimum Gasteiger partial charge on any atom is -0.494 e. The van der Waals surface area contributed by atoms with Crippen LogP contribution in [0.4, 0.5) is 0 Å². The van der Waals surface area contributed by atoms with Crippen molar-refractivity contribution in [3.05, 3.63) is 57.6 Å². The number of ether oxygens (including phenoxy) is 1. The van der Waals surface area contributed by atoms with Crippen molar-refractivity contribution in [1.29, 1.82) is 0 Å². The number of carbonyl (C=O) groups excluding carboxylic acids is 1. The summed E-state index contributed by atoms with van der Waals surface area (Å²) in [5, 5.41) is 3.72. The Labute approximate surface area is 149 Å². The third-order valence-corrected chi connectivity index (χ3v) is 5.41. The van der Waals surface area contributed by atoms with Crippen LogP contribution in [-0.4, -0.2) is 18.8 Å². The Kier molecular flexibility index (Phi) is 5.05. The van der Waals surface area contributed by atoms with E-state index in [1.165, 1.54) is 12.0 Å². The molecule has 1 unspecified atom stereocenters. The zero-order chi connectivity index (χ0) is 16.4. The molecule has 0 fully saturated rings. The Morgan fingerprint density at radius 2 is 1.96 bits per heavy atom. The molecule has 3 rings (SSSR count). The number of fused-ring (bicyclic) bond motifs is 1. The van der Waals surface area contributed by atoms with Gasteiger partial charge >= 0.3 is 0 Å². The second kappa shape index (κ2) is 7.04. The second-order valence-electron chi connectivity index (χ2n) is 5.17. The van der Waals surface area contributed by atoms with Crippen molar-refractivity contribution in [2.75, 3.05) is 12.9 Å². The third-order valence-electron chi connectivity index (χ3n) is 3.73. The summed E-state index contributed by atoms with van der Waals surface area (Å²) in [4.78, 5) is 13.8. The molecule has 0 saturated carbocycles. The van der Waals surface area contributed by atoms with Gasteiger partial charge in [0.05, 0.1) is 23.2 Å². The summed E-state index contributed by atoms with van der Waals surface area (Å²) in [5.74, 6) is 1.17. The SMILES string of the molecule is COc1c(Cl)cc(C(=O)NC2CCSc3ccccc32)cc1Cl. The number of nitrogens with one attached hydrogen (secondary N) is 1. The van der Waals surface area contributed by atoms with Gasteiger partial charge in [0.25, 0.3) is 5.91 Å². The zero-order valence-electron chi connectivity index (χ0n) is 12.4. The molecule has 0 radical (unpaired) electrons. The number of hydrogen-bond donors (Lipinski definition) is 1. The molecule has 1 atom stereocenters. The van der Waals surface area contributed by atoms with Gasteiger partial charge in [-0.2, -0.15) is 0 Å². The molecule has 23 heavy (non-hydrogen) atoms. The fourth-order valence-electron chi connectivity index (χ4n) is 2.62. The summed E-state index contributed by atoms with van der Waals surface area (Å²) in [7, 11) is 1.49. The van der Waals surface area contributed by atoms with E-state index in [2.05, 4.69) is 17.4 Å². The Morgan fingerprint density at radius 3 is 2.65 bits per heavy atom. The molecule has 0 saturated heterocycles. The first kappa shape index (κ1) is 16.5. The lowest BCUT2D eigenvalue weighted by atomic mass is 10.0. The van der Waals surface area contributed by atoms with E-state index in [1.807, 2.05) is 23.9 Å². The van der Waals surface area contributed by atoms with Gasteiger partial charge in [0.1, 0.15) is 0 Å². The van der Waals surface area contributed by atoms with E-state index in [1.54, 1.807) is 12.1 Å². The third kappa shape index (κ3) is 3.44. The summed E-state index contributed by atoms with van der Waals surface area (Å²) < 4.78 is 5.11. The van der Waals surface area contributed by atoms with Gasteiger partial charge in [0.15, 0.2) is 5.75 Å². The van der Waals surface area contributed by atoms with E-state index < -0.39 is 0 Å². The second-order valence-corrected chi connectivity index (χ2v) is 7.13. The number of thioether (sulfide) groups is 1. The van der Waals surface area contributed by atoms with Gasteiger partial charge in [-0.1, -0.05) is 41.4 Å². The molecule has 1 aliphatic rings. The lowest BCUT2D eigenvalue weighted by Gasteiger charge is -2.26. The summed E-state index contributed by atoms with van der Waals surface area (Å²) in [5.41, 5.74) is 1.58. The standard InChI is InChI=1S/C17H15Cl2NO2S/c1-22-16-12(18)8-10(9-13(16)19)17(21)20-14-6-7-23-15-5-3-2-4-11(14)15/h2-5,8-9,14H,6-7H2,1H3,(H,20,21). The van der Waals surface area contributed by atoms with Gasteiger partial charge in [0, 0.05) is 16.2 Å². The molecular formula is C17H15Cl2NO2S. The molecule has 0 aliphatic carbocycles. The smallest absolute Gasteiger partial charge is 0.251 e. The molecule has 1 heterocycles. The molecular weight excluding hydrogens is 353 g/mol. The van der Waals surface area contributed by atoms with Crippen LogP contribution in [0.2, 0.25) is 10.0 Å². The van der Waals surface area contributed by atoms with Crippen LogP contribution in [0.25, 0.3) is 0 Å². The molecule has 0 aromatic heterocycles. The van der Waals surface area contributed by atoms with Gasteiger partial charge in [-0.15, -0.1) is 11.8 Å². The first-order chi connectivity index (χ1) is 11.1. The average molecular weight is 368 g/mol. The maximum absolute atomic E-state index is 12.6. The van der Waals surface area contributed by atoms with Gasteiger partial charge < -0.3 is 10.1 Å². The quantitative estimate of drug-likeness (QED) is 0.831. The highest BCUT2D eigenvalue weighted by molar-refractivity contribution is 7.99. The number of methoxy groups -OCH3 is 1. The Morgan fingerprint density at radius 1 is 1.26 bits per heavy atom. The van der Waals surface area contributed by atoms with Crippen LogP contribution in [-0.2, 0) is 0 Å². The van der Waals surface area contributed by atoms with Crippen LogP contribution < -0.4 is 10.1 Å². The number of hydrogen-bond acceptors (Lipinski definition) is 3. The average Bonchev–Trinajstić information content (AvgIpc) is 2.55. The summed E-state index contributed by atoms with van der Waals surface area (Å²) in [6.07, 6.45) is 0.894. The van der Waals surface area contributed by atoms with Gasteiger partial charge in [-0.25, -0.2) is 0 Å². The van der Waals surface area contributed by atoms with E-state index in [0.717, 1.165) is 17.7 Å². The molecule has 1 N–H and O–H groups in total. The molecule has 2 aromatic rings. The maximum Gasteiger partial charge on any atom is 0.251 e. The van der Waals surface area contributed by atoms with Gasteiger partial charge in [-0.3, -0.25) is 4.79 Å². The normalized spacial score (nSPS) is 16.6. The van der Waals surface area contributed by atoms with E-state index in [4.69, 9.17) is 27.9 Å². The highest BCUT2D eigenvalue weighted by Gasteiger charge is 2.23. The van der Waals surface area contributed by atoms with Crippen molar-refractivity contribution in [3.8, 4) is 5.75 Å². The summed E-state index contributed by atoms with van der Waals surface area (Å²) in [6, 6.07) is 11.3. The van der Waals surface area contributed by atoms with Crippen molar-refractivity contribution < 1.29 is 9.53 Å². The first-order valence-corrected chi connectivity index (χ1v) is 8.90. The van der Waals surface area contributed by atoms with Crippen LogP contribution in [0.1, 0.15) is 28.4 Å². The number of carbonyl (C=O) groups is 1. The highest BCUT2D eigenvalue weighted by Crippen LogP contribution is 2.37. The van der Waals surface area contributed by atoms with Crippen LogP contribution in [0, 0.1) is 0 Å². The number of amides is 1. The molecule has 2 aromatic carbocycles. The zero-order valence-corrected chi connectivity index (χ0v) is 14.8. The fraction of sp³-hybridized carbons (Fsp3) is 0.235. The van der Waals surface area contributed by atoms with Crippen molar-refractivity contribution >= 4 is 40.9 Å². The Hall–Kier alpha value is -1.36. The summed E-state index contributed by atoms with van der Waals surface area (Å²) in [6.45, 7) is 0. The fourth-order valence-corrected chi connectivity index (χ4v) is 4.39. The number of rotatable bonds is 3.